The number of hydrogen-bond donors (Lipinski definition) is 3. The molecule has 1 atom stereocenters. The summed E-state index contributed by atoms with van der Waals surface area (Å²) in [6.45, 7) is 7.99. The highest BCUT2D eigenvalue weighted by Crippen LogP contribution is 2.25. The van der Waals surface area contributed by atoms with Crippen molar-refractivity contribution < 1.29 is 23.9 Å². The average Bonchev–Trinajstić information content (AvgIpc) is 2.62. The van der Waals surface area contributed by atoms with Gasteiger partial charge in [0.1, 0.15) is 11.1 Å². The summed E-state index contributed by atoms with van der Waals surface area (Å²) in [4.78, 5) is 42.9. The summed E-state index contributed by atoms with van der Waals surface area (Å²) in [5, 5.41) is 2.65. The molecule has 0 spiro atoms. The normalized spacial score (nSPS) is 18.0. The van der Waals surface area contributed by atoms with E-state index in [1.54, 1.807) is 32.6 Å². The van der Waals surface area contributed by atoms with Crippen molar-refractivity contribution in [2.45, 2.75) is 70.6 Å². The zero-order valence-corrected chi connectivity index (χ0v) is 18.1. The molecule has 0 unspecified atom stereocenters. The van der Waals surface area contributed by atoms with Crippen molar-refractivity contribution >= 4 is 23.8 Å². The Morgan fingerprint density at radius 3 is 2.31 bits per heavy atom. The maximum absolute atomic E-state index is 12.6. The minimum Gasteiger partial charge on any atom is -0.467 e. The number of nitrogens with one attached hydrogen (secondary N) is 1. The van der Waals surface area contributed by atoms with Gasteiger partial charge in [-0.15, -0.1) is 0 Å². The summed E-state index contributed by atoms with van der Waals surface area (Å²) in [5.41, 5.74) is 9.57. The Morgan fingerprint density at radius 2 is 1.83 bits per heavy atom. The lowest BCUT2D eigenvalue weighted by molar-refractivity contribution is -0.152. The lowest BCUT2D eigenvalue weighted by atomic mass is 9.87. The number of amidine groups is 1. The van der Waals surface area contributed by atoms with Crippen LogP contribution in [0, 0.1) is 0 Å². The Balaban J connectivity index is 2.68. The summed E-state index contributed by atoms with van der Waals surface area (Å²) in [7, 11) is 1.26. The van der Waals surface area contributed by atoms with Crippen LogP contribution in [0.4, 0.5) is 4.79 Å². The second-order valence-corrected chi connectivity index (χ2v) is 8.30. The van der Waals surface area contributed by atoms with Crippen molar-refractivity contribution in [1.29, 1.82) is 0 Å². The lowest BCUT2D eigenvalue weighted by Gasteiger charge is -2.40. The number of nitrogens with two attached hydrogens (primary N) is 2. The van der Waals surface area contributed by atoms with Crippen molar-refractivity contribution in [3.8, 4) is 0 Å². The summed E-state index contributed by atoms with van der Waals surface area (Å²) >= 11 is 0. The number of carbonyl (C=O) groups excluding carboxylic acids is 3. The summed E-state index contributed by atoms with van der Waals surface area (Å²) in [6.07, 6.45) is 0.879. The lowest BCUT2D eigenvalue weighted by Crippen LogP contribution is -2.62. The highest BCUT2D eigenvalue weighted by molar-refractivity contribution is 5.87. The van der Waals surface area contributed by atoms with Gasteiger partial charge >= 0.3 is 12.1 Å². The van der Waals surface area contributed by atoms with Gasteiger partial charge in [0.2, 0.25) is 5.91 Å². The predicted octanol–water partition coefficient (Wildman–Crippen LogP) is 0.530. The van der Waals surface area contributed by atoms with Gasteiger partial charge in [0, 0.05) is 19.6 Å². The third-order valence-electron chi connectivity index (χ3n) is 4.60. The second-order valence-electron chi connectivity index (χ2n) is 8.30. The molecule has 0 aliphatic carbocycles. The van der Waals surface area contributed by atoms with E-state index in [0.717, 1.165) is 0 Å². The van der Waals surface area contributed by atoms with Crippen LogP contribution in [-0.4, -0.2) is 72.6 Å². The summed E-state index contributed by atoms with van der Waals surface area (Å²) in [5.74, 6) is -0.249. The number of alkyl carbamates (subject to hydrolysis) is 1. The number of aliphatic imine (C=N–C) groups is 1. The number of piperidine rings is 1. The third kappa shape index (κ3) is 7.88. The van der Waals surface area contributed by atoms with Gasteiger partial charge in [0.05, 0.1) is 19.0 Å². The van der Waals surface area contributed by atoms with Crippen molar-refractivity contribution in [2.75, 3.05) is 26.7 Å². The van der Waals surface area contributed by atoms with Crippen LogP contribution >= 0.6 is 0 Å². The topological polar surface area (TPSA) is 149 Å². The van der Waals surface area contributed by atoms with Crippen molar-refractivity contribution in [3.05, 3.63) is 0 Å². The maximum atomic E-state index is 12.6. The first-order valence-electron chi connectivity index (χ1n) is 9.80. The first-order chi connectivity index (χ1) is 13.4. The largest absolute Gasteiger partial charge is 0.467 e. The fourth-order valence-corrected chi connectivity index (χ4v) is 3.11. The Morgan fingerprint density at radius 1 is 1.24 bits per heavy atom. The van der Waals surface area contributed by atoms with E-state index in [2.05, 4.69) is 10.3 Å². The molecule has 1 fully saturated rings. The van der Waals surface area contributed by atoms with Crippen molar-refractivity contribution in [1.82, 2.24) is 10.2 Å². The Bertz CT molecular complexity index is 617. The smallest absolute Gasteiger partial charge is 0.408 e. The quantitative estimate of drug-likeness (QED) is 0.238. The Labute approximate surface area is 172 Å². The van der Waals surface area contributed by atoms with Gasteiger partial charge in [0.15, 0.2) is 0 Å². The van der Waals surface area contributed by atoms with E-state index in [-0.39, 0.29) is 31.8 Å². The number of ether oxygens (including phenoxy) is 2. The molecule has 10 heteroatoms. The van der Waals surface area contributed by atoms with Crippen molar-refractivity contribution in [3.63, 3.8) is 0 Å². The number of carbonyl (C=O) groups is 3. The number of likely N-dealkylation sites (tertiary alicyclic amines) is 1. The van der Waals surface area contributed by atoms with E-state index < -0.39 is 29.2 Å². The molecule has 2 amide bonds. The van der Waals surface area contributed by atoms with E-state index in [1.807, 2.05) is 0 Å². The van der Waals surface area contributed by atoms with Gasteiger partial charge in [0.25, 0.3) is 0 Å². The predicted molar refractivity (Wildman–Crippen MR) is 109 cm³/mol. The first kappa shape index (κ1) is 24.7. The van der Waals surface area contributed by atoms with Crippen LogP contribution in [0.25, 0.3) is 0 Å². The van der Waals surface area contributed by atoms with Crippen LogP contribution in [0.2, 0.25) is 0 Å². The summed E-state index contributed by atoms with van der Waals surface area (Å²) < 4.78 is 10.2. The minimum atomic E-state index is -1.23. The van der Waals surface area contributed by atoms with Gasteiger partial charge in [-0.3, -0.25) is 9.79 Å². The van der Waals surface area contributed by atoms with Crippen LogP contribution < -0.4 is 16.8 Å². The monoisotopic (exact) mass is 413 g/mol. The fourth-order valence-electron chi connectivity index (χ4n) is 3.11. The molecule has 29 heavy (non-hydrogen) atoms. The van der Waals surface area contributed by atoms with E-state index in [9.17, 15) is 14.4 Å². The Kier molecular flexibility index (Phi) is 8.87. The van der Waals surface area contributed by atoms with Gasteiger partial charge in [-0.25, -0.2) is 9.59 Å². The van der Waals surface area contributed by atoms with E-state index in [1.165, 1.54) is 7.11 Å². The van der Waals surface area contributed by atoms with Crippen LogP contribution in [-0.2, 0) is 19.1 Å². The SMILES string of the molecule is COC(=O)C1(NC(=O)OC(C)(C)C)CCN(C(=O)[C@H](N)CCCN=C(C)N)CC1. The minimum absolute atomic E-state index is 0.186. The highest BCUT2D eigenvalue weighted by Gasteiger charge is 2.45. The van der Waals surface area contributed by atoms with Gasteiger partial charge in [-0.1, -0.05) is 0 Å². The van der Waals surface area contributed by atoms with Crippen LogP contribution in [0.3, 0.4) is 0 Å². The van der Waals surface area contributed by atoms with Gasteiger partial charge < -0.3 is 31.2 Å². The molecule has 0 saturated carbocycles. The van der Waals surface area contributed by atoms with E-state index in [0.29, 0.717) is 25.2 Å². The van der Waals surface area contributed by atoms with Crippen LogP contribution in [0.5, 0.6) is 0 Å². The zero-order valence-electron chi connectivity index (χ0n) is 18.1. The molecular formula is C19H35N5O5. The van der Waals surface area contributed by atoms with E-state index >= 15 is 0 Å². The van der Waals surface area contributed by atoms with Crippen LogP contribution in [0.15, 0.2) is 4.99 Å². The molecule has 0 radical (unpaired) electrons. The maximum Gasteiger partial charge on any atom is 0.408 e. The number of amides is 2. The highest BCUT2D eigenvalue weighted by atomic mass is 16.6. The molecule has 1 aliphatic heterocycles. The molecule has 166 valence electrons. The molecule has 1 saturated heterocycles. The molecule has 0 aromatic rings. The van der Waals surface area contributed by atoms with Gasteiger partial charge in [-0.05, 0) is 53.4 Å². The standard InChI is InChI=1S/C19H35N5O5/c1-13(20)22-10-6-7-14(21)15(25)24-11-8-19(9-12-24,16(26)28-5)23-17(27)29-18(2,3)4/h14H,6-12,21H2,1-5H3,(H2,20,22)(H,23,27)/t14-/m1/s1. The molecule has 1 aliphatic rings. The number of esters is 1. The molecular weight excluding hydrogens is 378 g/mol. The summed E-state index contributed by atoms with van der Waals surface area (Å²) in [6, 6.07) is -0.646. The Hall–Kier alpha value is -2.36. The molecule has 10 nitrogen and oxygen atoms in total. The molecule has 1 rings (SSSR count). The number of rotatable bonds is 7. The number of methoxy groups -OCH3 is 1. The zero-order chi connectivity index (χ0) is 22.2. The first-order valence-corrected chi connectivity index (χ1v) is 9.80. The van der Waals surface area contributed by atoms with E-state index in [4.69, 9.17) is 20.9 Å². The molecule has 5 N–H and O–H groups in total. The number of nitrogens with zero attached hydrogens (tertiary/aromatic N) is 2. The van der Waals surface area contributed by atoms with Crippen LogP contribution in [0.1, 0.15) is 53.4 Å². The third-order valence-corrected chi connectivity index (χ3v) is 4.60. The van der Waals surface area contributed by atoms with Crippen molar-refractivity contribution in [2.24, 2.45) is 16.5 Å². The average molecular weight is 414 g/mol. The molecule has 1 heterocycles. The second kappa shape index (κ2) is 10.4. The molecule has 0 bridgehead atoms. The number of hydrogen-bond acceptors (Lipinski definition) is 7. The fraction of sp³-hybridized carbons (Fsp3) is 0.789. The molecule has 0 aromatic carbocycles. The van der Waals surface area contributed by atoms with Gasteiger partial charge in [-0.2, -0.15) is 0 Å². The molecule has 0 aromatic heterocycles.